The highest BCUT2D eigenvalue weighted by molar-refractivity contribution is 5.92. The van der Waals surface area contributed by atoms with Crippen LogP contribution in [-0.2, 0) is 4.79 Å². The third-order valence-electron chi connectivity index (χ3n) is 3.75. The average molecular weight is 271 g/mol. The van der Waals surface area contributed by atoms with Gasteiger partial charge in [-0.2, -0.15) is 5.26 Å². The van der Waals surface area contributed by atoms with E-state index >= 15 is 0 Å². The summed E-state index contributed by atoms with van der Waals surface area (Å²) in [6.45, 7) is 4.70. The van der Waals surface area contributed by atoms with Gasteiger partial charge >= 0.3 is 0 Å². The van der Waals surface area contributed by atoms with E-state index in [0.29, 0.717) is 17.8 Å². The number of hydrogen-bond acceptors (Lipinski definition) is 3. The van der Waals surface area contributed by atoms with Crippen molar-refractivity contribution in [1.82, 2.24) is 4.90 Å². The summed E-state index contributed by atoms with van der Waals surface area (Å²) in [6.07, 6.45) is 3.58. The fourth-order valence-electron chi connectivity index (χ4n) is 2.55. The fourth-order valence-corrected chi connectivity index (χ4v) is 2.55. The number of nitrogens with one attached hydrogen (secondary N) is 1. The summed E-state index contributed by atoms with van der Waals surface area (Å²) in [5, 5.41) is 11.7. The molecule has 0 aliphatic carbocycles. The van der Waals surface area contributed by atoms with E-state index in [1.807, 2.05) is 6.07 Å². The van der Waals surface area contributed by atoms with E-state index in [1.165, 1.54) is 12.8 Å². The molecule has 106 valence electrons. The summed E-state index contributed by atoms with van der Waals surface area (Å²) in [5.41, 5.74) is 1.25. The van der Waals surface area contributed by atoms with Crippen molar-refractivity contribution in [3.63, 3.8) is 0 Å². The van der Waals surface area contributed by atoms with Gasteiger partial charge in [-0.3, -0.25) is 9.69 Å². The first-order chi connectivity index (χ1) is 9.67. The first kappa shape index (κ1) is 14.5. The second-order valence-corrected chi connectivity index (χ2v) is 5.55. The molecule has 2 rings (SSSR count). The number of amides is 1. The molecule has 0 saturated carbocycles. The molecule has 1 aliphatic rings. The van der Waals surface area contributed by atoms with Crippen molar-refractivity contribution in [2.24, 2.45) is 5.92 Å². The monoisotopic (exact) mass is 271 g/mol. The topological polar surface area (TPSA) is 56.1 Å². The Hall–Kier alpha value is -1.86. The fraction of sp³-hybridized carbons (Fsp3) is 0.500. The second-order valence-electron chi connectivity index (χ2n) is 5.55. The largest absolute Gasteiger partial charge is 0.325 e. The summed E-state index contributed by atoms with van der Waals surface area (Å²) in [4.78, 5) is 14.3. The van der Waals surface area contributed by atoms with Gasteiger partial charge in [-0.15, -0.1) is 0 Å². The molecule has 0 spiro atoms. The minimum atomic E-state index is -0.00496. The van der Waals surface area contributed by atoms with Crippen LogP contribution in [0.2, 0.25) is 0 Å². The Morgan fingerprint density at radius 1 is 1.45 bits per heavy atom. The van der Waals surface area contributed by atoms with Gasteiger partial charge in [0.2, 0.25) is 5.91 Å². The number of anilines is 1. The van der Waals surface area contributed by atoms with Gasteiger partial charge in [-0.05, 0) is 56.5 Å². The van der Waals surface area contributed by atoms with E-state index in [-0.39, 0.29) is 5.91 Å². The lowest BCUT2D eigenvalue weighted by Gasteiger charge is -2.19. The summed E-state index contributed by atoms with van der Waals surface area (Å²) in [7, 11) is 0. The van der Waals surface area contributed by atoms with Crippen LogP contribution in [0.3, 0.4) is 0 Å². The molecule has 0 aromatic heterocycles. The molecule has 1 atom stereocenters. The molecule has 4 nitrogen and oxygen atoms in total. The molecule has 1 N–H and O–H groups in total. The SMILES string of the molecule is CC1CCCN(CC(=O)Nc2cccc(C#N)c2)CC1. The Kier molecular flexibility index (Phi) is 5.14. The van der Waals surface area contributed by atoms with E-state index in [4.69, 9.17) is 5.26 Å². The van der Waals surface area contributed by atoms with Crippen LogP contribution in [-0.4, -0.2) is 30.4 Å². The smallest absolute Gasteiger partial charge is 0.238 e. The van der Waals surface area contributed by atoms with Crippen LogP contribution >= 0.6 is 0 Å². The van der Waals surface area contributed by atoms with Gasteiger partial charge in [-0.25, -0.2) is 0 Å². The maximum atomic E-state index is 12.0. The molecule has 1 saturated heterocycles. The Morgan fingerprint density at radius 3 is 3.10 bits per heavy atom. The molecule has 4 heteroatoms. The molecule has 1 aromatic carbocycles. The lowest BCUT2D eigenvalue weighted by molar-refractivity contribution is -0.117. The number of rotatable bonds is 3. The number of benzene rings is 1. The summed E-state index contributed by atoms with van der Waals surface area (Å²) in [5.74, 6) is 0.755. The van der Waals surface area contributed by atoms with Crippen LogP contribution in [0.25, 0.3) is 0 Å². The van der Waals surface area contributed by atoms with E-state index in [0.717, 1.165) is 25.4 Å². The number of carbonyl (C=O) groups excluding carboxylic acids is 1. The minimum absolute atomic E-state index is 0.00496. The lowest BCUT2D eigenvalue weighted by atomic mass is 10.0. The summed E-state index contributed by atoms with van der Waals surface area (Å²) >= 11 is 0. The van der Waals surface area contributed by atoms with Crippen molar-refractivity contribution in [3.8, 4) is 6.07 Å². The van der Waals surface area contributed by atoms with Crippen LogP contribution in [0.5, 0.6) is 0 Å². The highest BCUT2D eigenvalue weighted by atomic mass is 16.2. The molecule has 0 bridgehead atoms. The normalized spacial score (nSPS) is 19.9. The van der Waals surface area contributed by atoms with Crippen LogP contribution in [0.4, 0.5) is 5.69 Å². The first-order valence-electron chi connectivity index (χ1n) is 7.20. The first-order valence-corrected chi connectivity index (χ1v) is 7.20. The van der Waals surface area contributed by atoms with Gasteiger partial charge in [0.05, 0.1) is 18.2 Å². The quantitative estimate of drug-likeness (QED) is 0.919. The molecule has 1 aromatic rings. The van der Waals surface area contributed by atoms with Gasteiger partial charge in [0.1, 0.15) is 0 Å². The standard InChI is InChI=1S/C16H21N3O/c1-13-4-3-8-19(9-7-13)12-16(20)18-15-6-2-5-14(10-15)11-17/h2,5-6,10,13H,3-4,7-9,12H2,1H3,(H,18,20). The molecule has 1 heterocycles. The minimum Gasteiger partial charge on any atom is -0.325 e. The molecular weight excluding hydrogens is 250 g/mol. The number of likely N-dealkylation sites (tertiary alicyclic amines) is 1. The third kappa shape index (κ3) is 4.36. The number of nitriles is 1. The zero-order valence-electron chi connectivity index (χ0n) is 11.9. The summed E-state index contributed by atoms with van der Waals surface area (Å²) < 4.78 is 0. The predicted molar refractivity (Wildman–Crippen MR) is 79.2 cm³/mol. The molecule has 1 aliphatic heterocycles. The van der Waals surface area contributed by atoms with Crippen molar-refractivity contribution >= 4 is 11.6 Å². The van der Waals surface area contributed by atoms with Crippen molar-refractivity contribution in [1.29, 1.82) is 5.26 Å². The molecule has 0 radical (unpaired) electrons. The van der Waals surface area contributed by atoms with Crippen molar-refractivity contribution < 1.29 is 4.79 Å². The number of nitrogens with zero attached hydrogens (tertiary/aromatic N) is 2. The molecule has 1 unspecified atom stereocenters. The van der Waals surface area contributed by atoms with E-state index in [2.05, 4.69) is 23.2 Å². The maximum absolute atomic E-state index is 12.0. The Labute approximate surface area is 120 Å². The third-order valence-corrected chi connectivity index (χ3v) is 3.75. The summed E-state index contributed by atoms with van der Waals surface area (Å²) in [6, 6.07) is 9.09. The Morgan fingerprint density at radius 2 is 2.30 bits per heavy atom. The Balaban J connectivity index is 1.87. The highest BCUT2D eigenvalue weighted by Crippen LogP contribution is 2.16. The van der Waals surface area contributed by atoms with Crippen LogP contribution in [0, 0.1) is 17.2 Å². The molecule has 1 amide bonds. The zero-order valence-corrected chi connectivity index (χ0v) is 11.9. The van der Waals surface area contributed by atoms with E-state index in [1.54, 1.807) is 18.2 Å². The average Bonchev–Trinajstić information content (AvgIpc) is 2.64. The van der Waals surface area contributed by atoms with E-state index < -0.39 is 0 Å². The van der Waals surface area contributed by atoms with Crippen molar-refractivity contribution in [3.05, 3.63) is 29.8 Å². The van der Waals surface area contributed by atoms with Crippen molar-refractivity contribution in [2.75, 3.05) is 25.0 Å². The number of hydrogen-bond donors (Lipinski definition) is 1. The van der Waals surface area contributed by atoms with E-state index in [9.17, 15) is 4.79 Å². The lowest BCUT2D eigenvalue weighted by Crippen LogP contribution is -2.34. The molecular formula is C16H21N3O. The van der Waals surface area contributed by atoms with Crippen LogP contribution in [0.15, 0.2) is 24.3 Å². The highest BCUT2D eigenvalue weighted by Gasteiger charge is 2.16. The van der Waals surface area contributed by atoms with Gasteiger partial charge in [0, 0.05) is 5.69 Å². The maximum Gasteiger partial charge on any atom is 0.238 e. The zero-order chi connectivity index (χ0) is 14.4. The Bertz CT molecular complexity index is 507. The number of carbonyl (C=O) groups is 1. The van der Waals surface area contributed by atoms with Gasteiger partial charge in [-0.1, -0.05) is 13.0 Å². The molecule has 20 heavy (non-hydrogen) atoms. The van der Waals surface area contributed by atoms with Gasteiger partial charge in [0.25, 0.3) is 0 Å². The second kappa shape index (κ2) is 7.06. The van der Waals surface area contributed by atoms with Crippen molar-refractivity contribution in [2.45, 2.75) is 26.2 Å². The van der Waals surface area contributed by atoms with Crippen LogP contribution < -0.4 is 5.32 Å². The van der Waals surface area contributed by atoms with Crippen LogP contribution in [0.1, 0.15) is 31.7 Å². The van der Waals surface area contributed by atoms with Gasteiger partial charge < -0.3 is 5.32 Å². The van der Waals surface area contributed by atoms with Gasteiger partial charge in [0.15, 0.2) is 0 Å². The predicted octanol–water partition coefficient (Wildman–Crippen LogP) is 2.62. The molecule has 1 fully saturated rings.